The molecule has 10 heavy (non-hydrogen) atoms. The van der Waals surface area contributed by atoms with Crippen molar-refractivity contribution >= 4 is 0 Å². The molecule has 0 aliphatic rings. The first-order valence-corrected chi connectivity index (χ1v) is 2.93. The summed E-state index contributed by atoms with van der Waals surface area (Å²) in [6.45, 7) is 0.658. The Morgan fingerprint density at radius 1 is 1.10 bits per heavy atom. The monoisotopic (exact) mass is 139 g/mol. The molecule has 1 rings (SSSR count). The maximum absolute atomic E-state index is 5.28. The van der Waals surface area contributed by atoms with E-state index in [0.29, 0.717) is 24.7 Å². The highest BCUT2D eigenvalue weighted by molar-refractivity contribution is 4.88. The van der Waals surface area contributed by atoms with Crippen LogP contribution in [0.1, 0.15) is 11.6 Å². The van der Waals surface area contributed by atoms with Crippen molar-refractivity contribution in [3.05, 3.63) is 18.0 Å². The molecule has 54 valence electrons. The van der Waals surface area contributed by atoms with Gasteiger partial charge in [0.1, 0.15) is 18.0 Å². The van der Waals surface area contributed by atoms with Crippen molar-refractivity contribution in [3.8, 4) is 0 Å². The van der Waals surface area contributed by atoms with Gasteiger partial charge in [0.15, 0.2) is 0 Å². The quantitative estimate of drug-likeness (QED) is 0.536. The van der Waals surface area contributed by atoms with Crippen LogP contribution in [-0.2, 0) is 13.1 Å². The normalized spacial score (nSPS) is 9.80. The lowest BCUT2D eigenvalue weighted by atomic mass is 10.5. The molecule has 0 amide bonds. The van der Waals surface area contributed by atoms with E-state index in [2.05, 4.69) is 15.0 Å². The van der Waals surface area contributed by atoms with Gasteiger partial charge in [0.25, 0.3) is 0 Å². The van der Waals surface area contributed by atoms with Crippen LogP contribution in [0.3, 0.4) is 0 Å². The topological polar surface area (TPSA) is 90.7 Å². The van der Waals surface area contributed by atoms with Crippen LogP contribution in [0.25, 0.3) is 0 Å². The second kappa shape index (κ2) is 3.19. The molecule has 0 spiro atoms. The first-order chi connectivity index (χ1) is 4.86. The molecule has 0 unspecified atom stereocenters. The lowest BCUT2D eigenvalue weighted by molar-refractivity contribution is 0.802. The third kappa shape index (κ3) is 1.46. The summed E-state index contributed by atoms with van der Waals surface area (Å²) in [4.78, 5) is 11.5. The smallest absolute Gasteiger partial charge is 0.145 e. The van der Waals surface area contributed by atoms with Gasteiger partial charge in [-0.25, -0.2) is 15.0 Å². The summed E-state index contributed by atoms with van der Waals surface area (Å²) in [6, 6.07) is 0. The van der Waals surface area contributed by atoms with Gasteiger partial charge in [-0.15, -0.1) is 0 Å². The Labute approximate surface area is 58.5 Å². The SMILES string of the molecule is NCc1ncnc(CN)n1. The van der Waals surface area contributed by atoms with Crippen LogP contribution in [0.4, 0.5) is 0 Å². The zero-order valence-corrected chi connectivity index (χ0v) is 5.49. The number of rotatable bonds is 2. The fourth-order valence-electron chi connectivity index (χ4n) is 0.566. The van der Waals surface area contributed by atoms with Gasteiger partial charge in [0.05, 0.1) is 13.1 Å². The van der Waals surface area contributed by atoms with Crippen molar-refractivity contribution in [2.75, 3.05) is 0 Å². The largest absolute Gasteiger partial charge is 0.324 e. The minimum absolute atomic E-state index is 0.329. The molecule has 0 atom stereocenters. The van der Waals surface area contributed by atoms with Gasteiger partial charge >= 0.3 is 0 Å². The second-order valence-corrected chi connectivity index (χ2v) is 1.73. The predicted octanol–water partition coefficient (Wildman–Crippen LogP) is -1.21. The molecule has 0 aromatic carbocycles. The summed E-state index contributed by atoms with van der Waals surface area (Å²) in [7, 11) is 0. The molecule has 0 fully saturated rings. The molecule has 1 heterocycles. The summed E-state index contributed by atoms with van der Waals surface area (Å²) < 4.78 is 0. The van der Waals surface area contributed by atoms with E-state index in [1.54, 1.807) is 0 Å². The first-order valence-electron chi connectivity index (χ1n) is 2.93. The van der Waals surface area contributed by atoms with Crippen LogP contribution in [-0.4, -0.2) is 15.0 Å². The maximum Gasteiger partial charge on any atom is 0.145 e. The zero-order chi connectivity index (χ0) is 7.40. The van der Waals surface area contributed by atoms with Crippen molar-refractivity contribution < 1.29 is 0 Å². The van der Waals surface area contributed by atoms with E-state index in [1.807, 2.05) is 0 Å². The van der Waals surface area contributed by atoms with E-state index in [4.69, 9.17) is 11.5 Å². The molecule has 0 aliphatic carbocycles. The van der Waals surface area contributed by atoms with Gasteiger partial charge in [-0.3, -0.25) is 0 Å². The summed E-state index contributed by atoms with van der Waals surface area (Å²) in [6.07, 6.45) is 1.41. The van der Waals surface area contributed by atoms with E-state index in [9.17, 15) is 0 Å². The molecule has 4 N–H and O–H groups in total. The lowest BCUT2D eigenvalue weighted by Crippen LogP contribution is -2.09. The third-order valence-electron chi connectivity index (χ3n) is 1.04. The van der Waals surface area contributed by atoms with Gasteiger partial charge in [-0.2, -0.15) is 0 Å². The number of hydrogen-bond donors (Lipinski definition) is 2. The molecule has 0 aliphatic heterocycles. The molecule has 0 saturated carbocycles. The van der Waals surface area contributed by atoms with Gasteiger partial charge in [-0.1, -0.05) is 0 Å². The Hall–Kier alpha value is -1.07. The van der Waals surface area contributed by atoms with Crippen LogP contribution >= 0.6 is 0 Å². The number of nitrogens with two attached hydrogens (primary N) is 2. The summed E-state index contributed by atoms with van der Waals surface area (Å²) in [5.74, 6) is 1.16. The highest BCUT2D eigenvalue weighted by Gasteiger charge is 1.94. The van der Waals surface area contributed by atoms with Gasteiger partial charge in [-0.05, 0) is 0 Å². The molecule has 5 nitrogen and oxygen atoms in total. The van der Waals surface area contributed by atoms with Gasteiger partial charge in [0, 0.05) is 0 Å². The Balaban J connectivity index is 2.87. The fourth-order valence-corrected chi connectivity index (χ4v) is 0.566. The van der Waals surface area contributed by atoms with Crippen molar-refractivity contribution in [3.63, 3.8) is 0 Å². The van der Waals surface area contributed by atoms with Gasteiger partial charge < -0.3 is 11.5 Å². The van der Waals surface area contributed by atoms with Crippen molar-refractivity contribution in [1.82, 2.24) is 15.0 Å². The predicted molar refractivity (Wildman–Crippen MR) is 35.6 cm³/mol. The Morgan fingerprint density at radius 3 is 2.00 bits per heavy atom. The highest BCUT2D eigenvalue weighted by Crippen LogP contribution is 1.87. The van der Waals surface area contributed by atoms with Crippen LogP contribution < -0.4 is 11.5 Å². The molecule has 0 saturated heterocycles. The fraction of sp³-hybridized carbons (Fsp3) is 0.400. The molecule has 5 heteroatoms. The second-order valence-electron chi connectivity index (χ2n) is 1.73. The van der Waals surface area contributed by atoms with Crippen molar-refractivity contribution in [1.29, 1.82) is 0 Å². The molecular formula is C5H9N5. The van der Waals surface area contributed by atoms with Gasteiger partial charge in [0.2, 0.25) is 0 Å². The van der Waals surface area contributed by atoms with Crippen molar-refractivity contribution in [2.24, 2.45) is 11.5 Å². The standard InChI is InChI=1S/C5H9N5/c6-1-4-8-3-9-5(2-7)10-4/h3H,1-2,6-7H2. The summed E-state index contributed by atoms with van der Waals surface area (Å²) >= 11 is 0. The Kier molecular flexibility index (Phi) is 2.24. The highest BCUT2D eigenvalue weighted by atomic mass is 15.0. The minimum atomic E-state index is 0.329. The molecule has 0 radical (unpaired) electrons. The maximum atomic E-state index is 5.28. The lowest BCUT2D eigenvalue weighted by Gasteiger charge is -1.95. The first kappa shape index (κ1) is 7.04. The number of aromatic nitrogens is 3. The van der Waals surface area contributed by atoms with E-state index in [0.717, 1.165) is 0 Å². The van der Waals surface area contributed by atoms with Crippen molar-refractivity contribution in [2.45, 2.75) is 13.1 Å². The summed E-state index contributed by atoms with van der Waals surface area (Å²) in [5.41, 5.74) is 10.6. The average molecular weight is 139 g/mol. The van der Waals surface area contributed by atoms with Crippen LogP contribution in [0.2, 0.25) is 0 Å². The Bertz CT molecular complexity index is 192. The zero-order valence-electron chi connectivity index (χ0n) is 5.49. The number of nitrogens with zero attached hydrogens (tertiary/aromatic N) is 3. The van der Waals surface area contributed by atoms with E-state index in [-0.39, 0.29) is 0 Å². The van der Waals surface area contributed by atoms with Crippen LogP contribution in [0.15, 0.2) is 6.33 Å². The molecular weight excluding hydrogens is 130 g/mol. The average Bonchev–Trinajstić information content (AvgIpc) is 2.05. The Morgan fingerprint density at radius 2 is 1.60 bits per heavy atom. The molecule has 0 bridgehead atoms. The minimum Gasteiger partial charge on any atom is -0.324 e. The van der Waals surface area contributed by atoms with E-state index in [1.165, 1.54) is 6.33 Å². The van der Waals surface area contributed by atoms with E-state index < -0.39 is 0 Å². The number of hydrogen-bond acceptors (Lipinski definition) is 5. The van der Waals surface area contributed by atoms with Crippen LogP contribution in [0, 0.1) is 0 Å². The third-order valence-corrected chi connectivity index (χ3v) is 1.04. The molecule has 1 aromatic heterocycles. The van der Waals surface area contributed by atoms with E-state index >= 15 is 0 Å². The summed E-state index contributed by atoms with van der Waals surface area (Å²) in [5, 5.41) is 0. The molecule has 1 aromatic rings. The van der Waals surface area contributed by atoms with Crippen LogP contribution in [0.5, 0.6) is 0 Å².